The van der Waals surface area contributed by atoms with Gasteiger partial charge in [-0.15, -0.1) is 34.4 Å². The van der Waals surface area contributed by atoms with Gasteiger partial charge in [-0.25, -0.2) is 4.79 Å². The average Bonchev–Trinajstić information content (AvgIpc) is 3.33. The van der Waals surface area contributed by atoms with Crippen LogP contribution in [0.15, 0.2) is 45.9 Å². The Balaban J connectivity index is 0.00000441. The number of rotatable bonds is 9. The fraction of sp³-hybridized carbons (Fsp3) is 0.440. The van der Waals surface area contributed by atoms with Gasteiger partial charge < -0.3 is 20.5 Å². The molecule has 0 bridgehead atoms. The molecule has 2 aliphatic rings. The first-order valence-electron chi connectivity index (χ1n) is 12.0. The van der Waals surface area contributed by atoms with Gasteiger partial charge in [0.05, 0.1) is 5.41 Å². The maximum absolute atomic E-state index is 13.2. The van der Waals surface area contributed by atoms with Crippen LogP contribution in [0, 0.1) is 12.3 Å². The minimum atomic E-state index is -0.943. The number of aryl methyl sites for hydroxylation is 1. The summed E-state index contributed by atoms with van der Waals surface area (Å²) in [6, 6.07) is 7.06. The molecular weight excluding hydrogens is 598 g/mol. The molecule has 3 atom stereocenters. The molecule has 40 heavy (non-hydrogen) atoms. The molecule has 0 radical (unpaired) electrons. The lowest BCUT2D eigenvalue weighted by molar-refractivity contribution is -0.173. The number of hydrogen-bond donors (Lipinski definition) is 2. The van der Waals surface area contributed by atoms with E-state index in [1.807, 2.05) is 13.0 Å². The molecule has 216 valence electrons. The van der Waals surface area contributed by atoms with Crippen molar-refractivity contribution in [3.63, 3.8) is 0 Å². The van der Waals surface area contributed by atoms with Crippen molar-refractivity contribution in [2.75, 3.05) is 18.3 Å². The number of amides is 2. The molecule has 11 nitrogen and oxygen atoms in total. The maximum Gasteiger partial charge on any atom is 0.357 e. The van der Waals surface area contributed by atoms with Gasteiger partial charge in [0.2, 0.25) is 12.7 Å². The molecule has 1 aromatic carbocycles. The van der Waals surface area contributed by atoms with Gasteiger partial charge in [0.15, 0.2) is 4.34 Å². The number of carbonyl (C=O) groups is 4. The van der Waals surface area contributed by atoms with Crippen molar-refractivity contribution in [2.24, 2.45) is 11.1 Å². The highest BCUT2D eigenvalue weighted by molar-refractivity contribution is 8.01. The molecule has 0 spiro atoms. The highest BCUT2D eigenvalue weighted by Gasteiger charge is 2.54. The fourth-order valence-corrected chi connectivity index (χ4v) is 7.05. The van der Waals surface area contributed by atoms with E-state index in [1.165, 1.54) is 39.8 Å². The molecule has 0 unspecified atom stereocenters. The van der Waals surface area contributed by atoms with Crippen LogP contribution in [-0.4, -0.2) is 68.6 Å². The first-order valence-corrected chi connectivity index (χ1v) is 14.9. The normalized spacial score (nSPS) is 19.1. The van der Waals surface area contributed by atoms with Crippen LogP contribution < -0.4 is 11.1 Å². The fourth-order valence-electron chi connectivity index (χ4n) is 3.74. The average molecular weight is 628 g/mol. The zero-order valence-corrected chi connectivity index (χ0v) is 25.5. The summed E-state index contributed by atoms with van der Waals surface area (Å²) in [6.07, 6.45) is 0. The Morgan fingerprint density at radius 1 is 1.20 bits per heavy atom. The van der Waals surface area contributed by atoms with Crippen LogP contribution in [0.25, 0.3) is 0 Å². The minimum Gasteiger partial charge on any atom is -0.427 e. The summed E-state index contributed by atoms with van der Waals surface area (Å²) in [5, 5.41) is 11.1. The highest BCUT2D eigenvalue weighted by atomic mass is 35.5. The van der Waals surface area contributed by atoms with E-state index in [9.17, 15) is 19.2 Å². The standard InChI is InChI=1S/C25H29N5O6S3.ClH/c1-13-28-29-24(39-13)38-11-15-10-37-21-17(27-19(31)16(26)14-8-6-5-7-9-14)20(32)30(21)18(15)22(33)35-12-36-23(34)25(2,3)4;/h5-9,16-17,21H,10-12,26H2,1-4H3,(H,27,31);1H/t16-,17-,21-;/m1./s1. The number of ether oxygens (including phenoxy) is 2. The van der Waals surface area contributed by atoms with Crippen LogP contribution in [0.2, 0.25) is 0 Å². The van der Waals surface area contributed by atoms with E-state index in [1.54, 1.807) is 45.0 Å². The van der Waals surface area contributed by atoms with Crippen LogP contribution in [0.5, 0.6) is 0 Å². The monoisotopic (exact) mass is 627 g/mol. The van der Waals surface area contributed by atoms with E-state index in [0.29, 0.717) is 22.6 Å². The second-order valence-corrected chi connectivity index (χ2v) is 13.4. The van der Waals surface area contributed by atoms with Crippen molar-refractivity contribution in [3.05, 3.63) is 52.2 Å². The number of hydrogen-bond acceptors (Lipinski definition) is 12. The summed E-state index contributed by atoms with van der Waals surface area (Å²) < 4.78 is 11.1. The van der Waals surface area contributed by atoms with E-state index in [4.69, 9.17) is 15.2 Å². The molecular formula is C25H30ClN5O6S3. The Kier molecular flexibility index (Phi) is 10.6. The second kappa shape index (κ2) is 13.3. The Bertz CT molecular complexity index is 1300. The highest BCUT2D eigenvalue weighted by Crippen LogP contribution is 2.42. The van der Waals surface area contributed by atoms with Crippen LogP contribution in [0.1, 0.15) is 37.4 Å². The van der Waals surface area contributed by atoms with E-state index in [-0.39, 0.29) is 18.1 Å². The van der Waals surface area contributed by atoms with Gasteiger partial charge in [0.1, 0.15) is 28.2 Å². The Morgan fingerprint density at radius 3 is 2.52 bits per heavy atom. The van der Waals surface area contributed by atoms with Crippen molar-refractivity contribution in [1.82, 2.24) is 20.4 Å². The first-order chi connectivity index (χ1) is 18.5. The van der Waals surface area contributed by atoms with E-state index in [2.05, 4.69) is 15.5 Å². The zero-order valence-electron chi connectivity index (χ0n) is 22.2. The predicted octanol–water partition coefficient (Wildman–Crippen LogP) is 2.80. The Morgan fingerprint density at radius 2 is 1.90 bits per heavy atom. The molecule has 3 N–H and O–H groups in total. The molecule has 0 aliphatic carbocycles. The minimum absolute atomic E-state index is 0. The third kappa shape index (κ3) is 7.16. The smallest absolute Gasteiger partial charge is 0.357 e. The van der Waals surface area contributed by atoms with Crippen LogP contribution >= 0.6 is 47.3 Å². The molecule has 2 aromatic rings. The molecule has 1 saturated heterocycles. The summed E-state index contributed by atoms with van der Waals surface area (Å²) in [5.74, 6) is -1.46. The van der Waals surface area contributed by atoms with E-state index in [0.717, 1.165) is 9.35 Å². The second-order valence-electron chi connectivity index (χ2n) is 9.84. The lowest BCUT2D eigenvalue weighted by Crippen LogP contribution is -2.71. The lowest BCUT2D eigenvalue weighted by Gasteiger charge is -2.49. The van der Waals surface area contributed by atoms with Crippen molar-refractivity contribution >= 4 is 71.0 Å². The van der Waals surface area contributed by atoms with Crippen molar-refractivity contribution in [1.29, 1.82) is 0 Å². The van der Waals surface area contributed by atoms with Gasteiger partial charge in [-0.1, -0.05) is 53.4 Å². The van der Waals surface area contributed by atoms with Gasteiger partial charge >= 0.3 is 11.9 Å². The number of nitrogens with zero attached hydrogens (tertiary/aromatic N) is 3. The molecule has 1 fully saturated rings. The Labute approximate surface area is 250 Å². The van der Waals surface area contributed by atoms with Gasteiger partial charge in [0.25, 0.3) is 5.91 Å². The molecule has 2 amide bonds. The summed E-state index contributed by atoms with van der Waals surface area (Å²) in [5.41, 5.74) is 6.71. The summed E-state index contributed by atoms with van der Waals surface area (Å²) >= 11 is 4.25. The zero-order chi connectivity index (χ0) is 28.3. The molecule has 1 aromatic heterocycles. The number of fused-ring (bicyclic) bond motifs is 1. The maximum atomic E-state index is 13.2. The first kappa shape index (κ1) is 31.9. The lowest BCUT2D eigenvalue weighted by atomic mass is 9.98. The SMILES string of the molecule is Cc1nnc(SCC2=C(C(=O)OCOC(=O)C(C)(C)C)N3C(=O)[C@@H](NC(=O)[C@H](N)c4ccccc4)[C@H]3SC2)s1.Cl. The molecule has 2 aliphatic heterocycles. The Hall–Kier alpha value is -2.65. The van der Waals surface area contributed by atoms with Gasteiger partial charge in [-0.05, 0) is 38.8 Å². The third-order valence-corrected chi connectivity index (χ3v) is 9.25. The largest absolute Gasteiger partial charge is 0.427 e. The van der Waals surface area contributed by atoms with E-state index < -0.39 is 53.4 Å². The number of aromatic nitrogens is 2. The molecule has 15 heteroatoms. The van der Waals surface area contributed by atoms with E-state index >= 15 is 0 Å². The summed E-state index contributed by atoms with van der Waals surface area (Å²) in [6.45, 7) is 6.32. The van der Waals surface area contributed by atoms with Gasteiger partial charge in [-0.3, -0.25) is 19.3 Å². The molecule has 4 rings (SSSR count). The number of halogens is 1. The van der Waals surface area contributed by atoms with Gasteiger partial charge in [-0.2, -0.15) is 0 Å². The number of nitrogens with two attached hydrogens (primary N) is 1. The third-order valence-electron chi connectivity index (χ3n) is 5.85. The topological polar surface area (TPSA) is 154 Å². The molecule has 0 saturated carbocycles. The number of β-lactam (4-membered cyclic amide) rings is 1. The number of nitrogens with one attached hydrogen (secondary N) is 1. The van der Waals surface area contributed by atoms with Crippen molar-refractivity contribution < 1.29 is 28.7 Å². The van der Waals surface area contributed by atoms with Crippen molar-refractivity contribution in [2.45, 2.75) is 49.5 Å². The van der Waals surface area contributed by atoms with Gasteiger partial charge in [0, 0.05) is 11.5 Å². The quantitative estimate of drug-likeness (QED) is 0.183. The summed E-state index contributed by atoms with van der Waals surface area (Å²) in [4.78, 5) is 52.7. The molecule has 3 heterocycles. The summed E-state index contributed by atoms with van der Waals surface area (Å²) in [7, 11) is 0. The predicted molar refractivity (Wildman–Crippen MR) is 155 cm³/mol. The van der Waals surface area contributed by atoms with Crippen LogP contribution in [0.3, 0.4) is 0 Å². The number of carbonyl (C=O) groups excluding carboxylic acids is 4. The number of thioether (sulfide) groups is 2. The number of benzene rings is 1. The van der Waals surface area contributed by atoms with Crippen molar-refractivity contribution in [3.8, 4) is 0 Å². The van der Waals surface area contributed by atoms with Crippen LogP contribution in [-0.2, 0) is 28.7 Å². The number of esters is 2. The van der Waals surface area contributed by atoms with Crippen LogP contribution in [0.4, 0.5) is 0 Å².